The summed E-state index contributed by atoms with van der Waals surface area (Å²) < 4.78 is 13.2. The first kappa shape index (κ1) is 33.8. The summed E-state index contributed by atoms with van der Waals surface area (Å²) in [6.07, 6.45) is 4.53. The average molecular weight is 554 g/mol. The van der Waals surface area contributed by atoms with Crippen LogP contribution >= 0.6 is 0 Å². The van der Waals surface area contributed by atoms with E-state index in [1.54, 1.807) is 0 Å². The van der Waals surface area contributed by atoms with Crippen LogP contribution in [0.25, 0.3) is 0 Å². The fourth-order valence-electron chi connectivity index (χ4n) is 5.03. The Bertz CT molecular complexity index is 1060. The Morgan fingerprint density at radius 2 is 0.950 bits per heavy atom. The lowest BCUT2D eigenvalue weighted by atomic mass is 9.79. The van der Waals surface area contributed by atoms with Gasteiger partial charge in [0.1, 0.15) is 29.1 Å². The van der Waals surface area contributed by atoms with Crippen LogP contribution in [-0.2, 0) is 21.7 Å². The molecule has 0 amide bonds. The predicted octanol–water partition coefficient (Wildman–Crippen LogP) is 9.90. The zero-order valence-electron chi connectivity index (χ0n) is 27.9. The topological polar surface area (TPSA) is 58.9 Å². The van der Waals surface area contributed by atoms with Gasteiger partial charge in [0.25, 0.3) is 0 Å². The van der Waals surface area contributed by atoms with E-state index >= 15 is 0 Å². The molecule has 0 aromatic heterocycles. The van der Waals surface area contributed by atoms with Crippen LogP contribution < -0.4 is 9.47 Å². The molecule has 2 unspecified atom stereocenters. The standard InChI is InChI=1S/C36H57O4/c1-15-16-17-24(40-26-21-29(35(9,10)11)32(38)30(22-26)36(12,13)14)18-23(2)39-25-19-27(33(3,4)5)31(37)28(20-25)34(6,7)8/h16,19-24,37-38H,15,17-18H2,1-14H3. The van der Waals surface area contributed by atoms with Crippen molar-refractivity contribution in [2.24, 2.45) is 0 Å². The molecule has 225 valence electrons. The molecule has 0 saturated carbocycles. The summed E-state index contributed by atoms with van der Waals surface area (Å²) in [4.78, 5) is 0. The molecule has 4 heteroatoms. The number of hydrogen-bond acceptors (Lipinski definition) is 4. The predicted molar refractivity (Wildman–Crippen MR) is 169 cm³/mol. The highest BCUT2D eigenvalue weighted by molar-refractivity contribution is 5.53. The molecule has 2 rings (SSSR count). The van der Waals surface area contributed by atoms with Gasteiger partial charge in [0.15, 0.2) is 0 Å². The second-order valence-corrected chi connectivity index (χ2v) is 15.6. The average Bonchev–Trinajstić information content (AvgIpc) is 2.76. The summed E-state index contributed by atoms with van der Waals surface area (Å²) in [7, 11) is 0. The summed E-state index contributed by atoms with van der Waals surface area (Å²) in [5, 5.41) is 22.3. The molecule has 0 saturated heterocycles. The Morgan fingerprint density at radius 3 is 1.25 bits per heavy atom. The van der Waals surface area contributed by atoms with Crippen molar-refractivity contribution < 1.29 is 19.7 Å². The monoisotopic (exact) mass is 553 g/mol. The van der Waals surface area contributed by atoms with E-state index in [0.29, 0.717) is 17.9 Å². The Balaban J connectivity index is 2.42. The molecule has 0 spiro atoms. The van der Waals surface area contributed by atoms with Crippen LogP contribution in [0.15, 0.2) is 24.3 Å². The highest BCUT2D eigenvalue weighted by Crippen LogP contribution is 2.43. The van der Waals surface area contributed by atoms with Gasteiger partial charge in [0.05, 0.1) is 6.10 Å². The Kier molecular flexibility index (Phi) is 10.4. The lowest BCUT2D eigenvalue weighted by Gasteiger charge is -2.30. The van der Waals surface area contributed by atoms with Crippen LogP contribution in [0.1, 0.15) is 138 Å². The molecule has 2 N–H and O–H groups in total. The fraction of sp³-hybridized carbons (Fsp3) is 0.639. The summed E-state index contributed by atoms with van der Waals surface area (Å²) in [6.45, 7) is 29.6. The first-order valence-electron chi connectivity index (χ1n) is 15.0. The first-order valence-corrected chi connectivity index (χ1v) is 15.0. The van der Waals surface area contributed by atoms with Gasteiger partial charge in [0, 0.05) is 28.7 Å². The van der Waals surface area contributed by atoms with E-state index in [1.165, 1.54) is 0 Å². The van der Waals surface area contributed by atoms with Crippen LogP contribution in [0, 0.1) is 6.42 Å². The minimum atomic E-state index is -0.223. The maximum atomic E-state index is 11.1. The molecule has 1 radical (unpaired) electrons. The van der Waals surface area contributed by atoms with Gasteiger partial charge in [-0.25, -0.2) is 0 Å². The van der Waals surface area contributed by atoms with Crippen LogP contribution in [0.5, 0.6) is 23.0 Å². The zero-order valence-corrected chi connectivity index (χ0v) is 27.9. The maximum absolute atomic E-state index is 11.1. The molecular formula is C36H57O4. The minimum absolute atomic E-state index is 0.0820. The SMILES string of the molecule is CC[CH]CC(CC(C)Oc1cc(C(C)(C)C)c(O)c(C(C)(C)C)c1)Oc1cc(C(C)(C)C)c(O)c(C(C)(C)C)c1. The third kappa shape index (κ3) is 8.82. The molecule has 2 aromatic rings. The molecule has 40 heavy (non-hydrogen) atoms. The first-order chi connectivity index (χ1) is 18.1. The molecule has 0 aliphatic carbocycles. The quantitative estimate of drug-likeness (QED) is 0.324. The number of phenols is 2. The molecule has 0 fully saturated rings. The molecular weight excluding hydrogens is 496 g/mol. The van der Waals surface area contributed by atoms with Crippen molar-refractivity contribution >= 4 is 0 Å². The van der Waals surface area contributed by atoms with Crippen molar-refractivity contribution in [2.45, 2.75) is 150 Å². The van der Waals surface area contributed by atoms with Crippen molar-refractivity contribution in [3.8, 4) is 23.0 Å². The molecule has 2 atom stereocenters. The normalized spacial score (nSPS) is 14.7. The number of phenolic OH excluding ortho intramolecular Hbond substituents is 2. The smallest absolute Gasteiger partial charge is 0.123 e. The molecule has 4 nitrogen and oxygen atoms in total. The van der Waals surface area contributed by atoms with Gasteiger partial charge in [-0.2, -0.15) is 0 Å². The van der Waals surface area contributed by atoms with Crippen molar-refractivity contribution in [2.75, 3.05) is 0 Å². The van der Waals surface area contributed by atoms with E-state index in [-0.39, 0.29) is 33.9 Å². The van der Waals surface area contributed by atoms with Gasteiger partial charge in [-0.3, -0.25) is 0 Å². The third-order valence-corrected chi connectivity index (χ3v) is 7.35. The van der Waals surface area contributed by atoms with Crippen LogP contribution in [0.2, 0.25) is 0 Å². The summed E-state index contributed by atoms with van der Waals surface area (Å²) in [5.74, 6) is 2.27. The molecule has 0 heterocycles. The van der Waals surface area contributed by atoms with Crippen LogP contribution in [0.4, 0.5) is 0 Å². The van der Waals surface area contributed by atoms with E-state index in [0.717, 1.165) is 46.6 Å². The molecule has 0 bridgehead atoms. The van der Waals surface area contributed by atoms with Gasteiger partial charge in [0.2, 0.25) is 0 Å². The van der Waals surface area contributed by atoms with E-state index < -0.39 is 0 Å². The Labute approximate surface area is 245 Å². The van der Waals surface area contributed by atoms with Gasteiger partial charge in [-0.05, 0) is 65.7 Å². The van der Waals surface area contributed by atoms with Crippen molar-refractivity contribution in [3.63, 3.8) is 0 Å². The number of hydrogen-bond donors (Lipinski definition) is 2. The Morgan fingerprint density at radius 1 is 0.625 bits per heavy atom. The lowest BCUT2D eigenvalue weighted by Crippen LogP contribution is -2.26. The summed E-state index contributed by atoms with van der Waals surface area (Å²) >= 11 is 0. The van der Waals surface area contributed by atoms with Crippen molar-refractivity contribution in [1.82, 2.24) is 0 Å². The number of unbranched alkanes of at least 4 members (excludes halogenated alkanes) is 1. The van der Waals surface area contributed by atoms with Crippen LogP contribution in [0.3, 0.4) is 0 Å². The number of rotatable bonds is 9. The number of benzene rings is 2. The summed E-state index contributed by atoms with van der Waals surface area (Å²) in [6, 6.07) is 7.97. The zero-order chi connectivity index (χ0) is 30.8. The maximum Gasteiger partial charge on any atom is 0.123 e. The number of aromatic hydroxyl groups is 2. The van der Waals surface area contributed by atoms with Gasteiger partial charge < -0.3 is 19.7 Å². The van der Waals surface area contributed by atoms with Crippen molar-refractivity contribution in [1.29, 1.82) is 0 Å². The molecule has 0 aliphatic heterocycles. The number of ether oxygens (including phenoxy) is 2. The van der Waals surface area contributed by atoms with E-state index in [4.69, 9.17) is 9.47 Å². The molecule has 0 aliphatic rings. The van der Waals surface area contributed by atoms with E-state index in [9.17, 15) is 10.2 Å². The summed E-state index contributed by atoms with van der Waals surface area (Å²) in [5.41, 5.74) is 2.69. The van der Waals surface area contributed by atoms with Gasteiger partial charge in [-0.1, -0.05) is 96.4 Å². The minimum Gasteiger partial charge on any atom is -0.507 e. The highest BCUT2D eigenvalue weighted by Gasteiger charge is 2.29. The second kappa shape index (κ2) is 12.2. The van der Waals surface area contributed by atoms with Gasteiger partial charge >= 0.3 is 0 Å². The van der Waals surface area contributed by atoms with Gasteiger partial charge in [-0.15, -0.1) is 0 Å². The van der Waals surface area contributed by atoms with Crippen molar-refractivity contribution in [3.05, 3.63) is 52.9 Å². The third-order valence-electron chi connectivity index (χ3n) is 7.35. The fourth-order valence-corrected chi connectivity index (χ4v) is 5.03. The van der Waals surface area contributed by atoms with Crippen LogP contribution in [-0.4, -0.2) is 22.4 Å². The highest BCUT2D eigenvalue weighted by atomic mass is 16.5. The lowest BCUT2D eigenvalue weighted by molar-refractivity contribution is 0.118. The second-order valence-electron chi connectivity index (χ2n) is 15.6. The Hall–Kier alpha value is -2.36. The van der Waals surface area contributed by atoms with E-state index in [1.807, 2.05) is 24.3 Å². The molecule has 2 aromatic carbocycles. The largest absolute Gasteiger partial charge is 0.507 e. The van der Waals surface area contributed by atoms with E-state index in [2.05, 4.69) is 103 Å².